The lowest BCUT2D eigenvalue weighted by molar-refractivity contribution is -0.128. The Kier molecular flexibility index (Phi) is 5.61. The molecule has 0 aromatic rings. The zero-order valence-corrected chi connectivity index (χ0v) is 11.1. The number of amides is 1. The summed E-state index contributed by atoms with van der Waals surface area (Å²) in [5, 5.41) is 14.8. The van der Waals surface area contributed by atoms with Crippen molar-refractivity contribution in [2.24, 2.45) is 16.3 Å². The van der Waals surface area contributed by atoms with Gasteiger partial charge in [0.05, 0.1) is 0 Å². The molecule has 0 heterocycles. The van der Waals surface area contributed by atoms with Crippen LogP contribution in [0, 0.1) is 5.41 Å². The van der Waals surface area contributed by atoms with Gasteiger partial charge in [-0.25, -0.2) is 0 Å². The van der Waals surface area contributed by atoms with E-state index in [4.69, 9.17) is 10.9 Å². The Bertz CT molecular complexity index is 288. The second kappa shape index (κ2) is 6.74. The number of hydrogen-bond acceptors (Lipinski definition) is 4. The van der Waals surface area contributed by atoms with Crippen molar-refractivity contribution in [3.63, 3.8) is 0 Å². The highest BCUT2D eigenvalue weighted by molar-refractivity contribution is 7.98. The summed E-state index contributed by atoms with van der Waals surface area (Å²) >= 11 is 1.68. The van der Waals surface area contributed by atoms with Gasteiger partial charge >= 0.3 is 0 Å². The van der Waals surface area contributed by atoms with Crippen LogP contribution in [0.2, 0.25) is 0 Å². The Morgan fingerprint density at radius 2 is 2.12 bits per heavy atom. The summed E-state index contributed by atoms with van der Waals surface area (Å²) in [6, 6.07) is 0. The number of thioether (sulfide) groups is 1. The van der Waals surface area contributed by atoms with Crippen molar-refractivity contribution >= 4 is 23.5 Å². The van der Waals surface area contributed by atoms with E-state index in [1.165, 1.54) is 0 Å². The number of nitrogens with two attached hydrogens (primary N) is 1. The van der Waals surface area contributed by atoms with Crippen LogP contribution in [-0.2, 0) is 4.79 Å². The van der Waals surface area contributed by atoms with Crippen LogP contribution in [-0.4, -0.2) is 35.5 Å². The van der Waals surface area contributed by atoms with Crippen LogP contribution in [0.1, 0.15) is 32.1 Å². The van der Waals surface area contributed by atoms with Crippen LogP contribution in [0.25, 0.3) is 0 Å². The van der Waals surface area contributed by atoms with Crippen molar-refractivity contribution in [1.82, 2.24) is 5.32 Å². The van der Waals surface area contributed by atoms with Gasteiger partial charge in [-0.15, -0.1) is 0 Å². The van der Waals surface area contributed by atoms with Crippen molar-refractivity contribution in [3.8, 4) is 0 Å². The molecular formula is C11H21N3O2S. The predicted octanol–water partition coefficient (Wildman–Crippen LogP) is 1.16. The van der Waals surface area contributed by atoms with Crippen LogP contribution in [0.4, 0.5) is 0 Å². The number of carbonyl (C=O) groups is 1. The Morgan fingerprint density at radius 3 is 2.65 bits per heavy atom. The molecule has 5 nitrogen and oxygen atoms in total. The van der Waals surface area contributed by atoms with Crippen LogP contribution in [0.5, 0.6) is 0 Å². The Labute approximate surface area is 106 Å². The standard InChI is InChI=1S/C11H21N3O2S/c1-17-8-7-13-10(15)11(9(12)14-16)5-3-2-4-6-11/h16H,2-8H2,1H3,(H2,12,14)(H,13,15). The average molecular weight is 259 g/mol. The van der Waals surface area contributed by atoms with Crippen LogP contribution in [0.3, 0.4) is 0 Å². The Balaban J connectivity index is 2.72. The van der Waals surface area contributed by atoms with Gasteiger partial charge in [0.15, 0.2) is 5.84 Å². The number of hydrogen-bond donors (Lipinski definition) is 3. The molecule has 1 aliphatic carbocycles. The molecular weight excluding hydrogens is 238 g/mol. The fourth-order valence-corrected chi connectivity index (χ4v) is 2.59. The quantitative estimate of drug-likeness (QED) is 0.227. The van der Waals surface area contributed by atoms with Crippen molar-refractivity contribution in [1.29, 1.82) is 0 Å². The van der Waals surface area contributed by atoms with E-state index in [-0.39, 0.29) is 11.7 Å². The van der Waals surface area contributed by atoms with Crippen molar-refractivity contribution in [2.75, 3.05) is 18.6 Å². The van der Waals surface area contributed by atoms with Crippen molar-refractivity contribution in [3.05, 3.63) is 0 Å². The highest BCUT2D eigenvalue weighted by Crippen LogP contribution is 2.36. The first-order valence-electron chi connectivity index (χ1n) is 5.92. The zero-order chi connectivity index (χ0) is 12.7. The van der Waals surface area contributed by atoms with Gasteiger partial charge in [-0.1, -0.05) is 24.4 Å². The van der Waals surface area contributed by atoms with Gasteiger partial charge in [-0.3, -0.25) is 4.79 Å². The van der Waals surface area contributed by atoms with Gasteiger partial charge < -0.3 is 16.3 Å². The minimum absolute atomic E-state index is 0.0545. The lowest BCUT2D eigenvalue weighted by Crippen LogP contribution is -2.51. The van der Waals surface area contributed by atoms with Crippen LogP contribution >= 0.6 is 11.8 Å². The molecule has 98 valence electrons. The molecule has 0 aromatic carbocycles. The number of nitrogens with one attached hydrogen (secondary N) is 1. The fraction of sp³-hybridized carbons (Fsp3) is 0.818. The molecule has 0 aromatic heterocycles. The van der Waals surface area contributed by atoms with E-state index in [9.17, 15) is 4.79 Å². The molecule has 0 unspecified atom stereocenters. The first-order chi connectivity index (χ1) is 8.17. The molecule has 1 saturated carbocycles. The fourth-order valence-electron chi connectivity index (χ4n) is 2.29. The van der Waals surface area contributed by atoms with Gasteiger partial charge in [0.1, 0.15) is 5.41 Å². The second-order valence-corrected chi connectivity index (χ2v) is 5.36. The zero-order valence-electron chi connectivity index (χ0n) is 10.2. The Morgan fingerprint density at radius 1 is 1.47 bits per heavy atom. The number of nitrogens with zero attached hydrogens (tertiary/aromatic N) is 1. The average Bonchev–Trinajstić information content (AvgIpc) is 2.38. The summed E-state index contributed by atoms with van der Waals surface area (Å²) in [6.07, 6.45) is 6.35. The van der Waals surface area contributed by atoms with E-state index in [1.807, 2.05) is 6.26 Å². The van der Waals surface area contributed by atoms with E-state index in [1.54, 1.807) is 11.8 Å². The first kappa shape index (κ1) is 14.2. The molecule has 0 saturated heterocycles. The molecule has 17 heavy (non-hydrogen) atoms. The summed E-state index contributed by atoms with van der Waals surface area (Å²) in [5.74, 6) is 0.832. The SMILES string of the molecule is CSCCNC(=O)C1(C(N)=NO)CCCCC1. The van der Waals surface area contributed by atoms with E-state index >= 15 is 0 Å². The molecule has 1 fully saturated rings. The number of amidine groups is 1. The van der Waals surface area contributed by atoms with Crippen molar-refractivity contribution < 1.29 is 10.0 Å². The summed E-state index contributed by atoms with van der Waals surface area (Å²) in [4.78, 5) is 12.2. The third-order valence-electron chi connectivity index (χ3n) is 3.33. The topological polar surface area (TPSA) is 87.7 Å². The summed E-state index contributed by atoms with van der Waals surface area (Å²) < 4.78 is 0. The minimum atomic E-state index is -0.786. The van der Waals surface area contributed by atoms with Crippen molar-refractivity contribution in [2.45, 2.75) is 32.1 Å². The largest absolute Gasteiger partial charge is 0.409 e. The molecule has 0 aliphatic heterocycles. The smallest absolute Gasteiger partial charge is 0.233 e. The molecule has 0 atom stereocenters. The van der Waals surface area contributed by atoms with Gasteiger partial charge in [0, 0.05) is 12.3 Å². The van der Waals surface area contributed by atoms with Crippen LogP contribution < -0.4 is 11.1 Å². The van der Waals surface area contributed by atoms with Gasteiger partial charge in [-0.05, 0) is 19.1 Å². The van der Waals surface area contributed by atoms with Gasteiger partial charge in [-0.2, -0.15) is 11.8 Å². The molecule has 4 N–H and O–H groups in total. The minimum Gasteiger partial charge on any atom is -0.409 e. The predicted molar refractivity (Wildman–Crippen MR) is 70.3 cm³/mol. The molecule has 1 amide bonds. The lowest BCUT2D eigenvalue weighted by atomic mass is 9.72. The maximum atomic E-state index is 12.2. The molecule has 1 rings (SSSR count). The highest BCUT2D eigenvalue weighted by Gasteiger charge is 2.43. The second-order valence-electron chi connectivity index (χ2n) is 4.38. The van der Waals surface area contributed by atoms with Gasteiger partial charge in [0.2, 0.25) is 5.91 Å². The molecule has 6 heteroatoms. The van der Waals surface area contributed by atoms with Gasteiger partial charge in [0.25, 0.3) is 0 Å². The normalized spacial score (nSPS) is 19.9. The van der Waals surface area contributed by atoms with E-state index in [2.05, 4.69) is 10.5 Å². The number of oxime groups is 1. The monoisotopic (exact) mass is 259 g/mol. The summed E-state index contributed by atoms with van der Waals surface area (Å²) in [5.41, 5.74) is 4.94. The number of carbonyl (C=O) groups excluding carboxylic acids is 1. The summed E-state index contributed by atoms with van der Waals surface area (Å²) in [7, 11) is 0. The third kappa shape index (κ3) is 3.28. The molecule has 0 bridgehead atoms. The molecule has 0 spiro atoms. The molecule has 1 aliphatic rings. The van der Waals surface area contributed by atoms with Crippen LogP contribution in [0.15, 0.2) is 5.16 Å². The first-order valence-corrected chi connectivity index (χ1v) is 7.32. The number of rotatable bonds is 5. The Hall–Kier alpha value is -0.910. The molecule has 0 radical (unpaired) electrons. The van der Waals surface area contributed by atoms with E-state index in [0.717, 1.165) is 25.0 Å². The van der Waals surface area contributed by atoms with E-state index in [0.29, 0.717) is 19.4 Å². The maximum Gasteiger partial charge on any atom is 0.233 e. The maximum absolute atomic E-state index is 12.2. The lowest BCUT2D eigenvalue weighted by Gasteiger charge is -2.34. The van der Waals surface area contributed by atoms with E-state index < -0.39 is 5.41 Å². The third-order valence-corrected chi connectivity index (χ3v) is 3.94. The highest BCUT2D eigenvalue weighted by atomic mass is 32.2. The summed E-state index contributed by atoms with van der Waals surface area (Å²) in [6.45, 7) is 0.625.